The van der Waals surface area contributed by atoms with Gasteiger partial charge in [0.15, 0.2) is 0 Å². The Labute approximate surface area is 191 Å². The highest BCUT2D eigenvalue weighted by Gasteiger charge is 2.44. The summed E-state index contributed by atoms with van der Waals surface area (Å²) in [7, 11) is 0. The van der Waals surface area contributed by atoms with E-state index in [1.807, 2.05) is 13.8 Å². The number of rotatable bonds is 20. The highest BCUT2D eigenvalue weighted by molar-refractivity contribution is 5.79. The number of unbranched alkanes of at least 4 members (excludes halogenated alkanes) is 9. The lowest BCUT2D eigenvalue weighted by Gasteiger charge is -2.37. The molecule has 2 atom stereocenters. The van der Waals surface area contributed by atoms with Crippen molar-refractivity contribution in [3.63, 3.8) is 0 Å². The van der Waals surface area contributed by atoms with Crippen LogP contribution in [0.3, 0.4) is 0 Å². The zero-order chi connectivity index (χ0) is 23.5. The van der Waals surface area contributed by atoms with E-state index in [9.17, 15) is 9.59 Å². The Morgan fingerprint density at radius 2 is 1.35 bits per heavy atom. The fourth-order valence-electron chi connectivity index (χ4n) is 4.30. The molecule has 0 aliphatic heterocycles. The molecule has 2 unspecified atom stereocenters. The van der Waals surface area contributed by atoms with E-state index in [1.165, 1.54) is 44.8 Å². The molecule has 0 aliphatic rings. The van der Waals surface area contributed by atoms with Gasteiger partial charge in [-0.05, 0) is 32.6 Å². The number of carbonyl (C=O) groups is 2. The highest BCUT2D eigenvalue weighted by atomic mass is 16.5. The summed E-state index contributed by atoms with van der Waals surface area (Å²) in [5.74, 6) is -1.01. The largest absolute Gasteiger partial charge is 0.461 e. The van der Waals surface area contributed by atoms with E-state index in [1.54, 1.807) is 6.08 Å². The molecule has 0 aromatic rings. The van der Waals surface area contributed by atoms with Gasteiger partial charge in [-0.25, -0.2) is 0 Å². The molecule has 0 spiro atoms. The summed E-state index contributed by atoms with van der Waals surface area (Å²) in [6, 6.07) is 0. The second kappa shape index (κ2) is 18.0. The van der Waals surface area contributed by atoms with Gasteiger partial charge in [-0.2, -0.15) is 0 Å². The number of hydrogen-bond acceptors (Lipinski definition) is 4. The van der Waals surface area contributed by atoms with Crippen molar-refractivity contribution in [1.82, 2.24) is 0 Å². The van der Waals surface area contributed by atoms with Gasteiger partial charge in [-0.15, -0.1) is 0 Å². The van der Waals surface area contributed by atoms with Gasteiger partial charge in [0.25, 0.3) is 0 Å². The molecule has 0 radical (unpaired) electrons. The van der Waals surface area contributed by atoms with E-state index in [4.69, 9.17) is 9.47 Å². The van der Waals surface area contributed by atoms with Crippen molar-refractivity contribution < 1.29 is 19.1 Å². The van der Waals surface area contributed by atoms with Crippen molar-refractivity contribution in [3.8, 4) is 0 Å². The Morgan fingerprint density at radius 1 is 0.839 bits per heavy atom. The molecule has 0 saturated carbocycles. The number of esters is 2. The van der Waals surface area contributed by atoms with Crippen molar-refractivity contribution in [3.05, 3.63) is 25.5 Å². The van der Waals surface area contributed by atoms with Crippen LogP contribution in [0, 0.1) is 17.3 Å². The maximum absolute atomic E-state index is 12.9. The van der Waals surface area contributed by atoms with Crippen LogP contribution in [0.15, 0.2) is 25.5 Å². The van der Waals surface area contributed by atoms with E-state index in [0.717, 1.165) is 44.9 Å². The lowest BCUT2D eigenvalue weighted by molar-refractivity contribution is -0.161. The van der Waals surface area contributed by atoms with Crippen LogP contribution in [-0.2, 0) is 19.1 Å². The second-order valence-corrected chi connectivity index (χ2v) is 9.18. The van der Waals surface area contributed by atoms with Crippen LogP contribution in [-0.4, -0.2) is 18.5 Å². The van der Waals surface area contributed by atoms with Gasteiger partial charge in [-0.1, -0.05) is 104 Å². The predicted molar refractivity (Wildman–Crippen MR) is 130 cm³/mol. The van der Waals surface area contributed by atoms with Gasteiger partial charge >= 0.3 is 11.9 Å². The topological polar surface area (TPSA) is 52.6 Å². The summed E-state index contributed by atoms with van der Waals surface area (Å²) in [5.41, 5.74) is -0.776. The summed E-state index contributed by atoms with van der Waals surface area (Å²) >= 11 is 0. The molecule has 4 heteroatoms. The van der Waals surface area contributed by atoms with Gasteiger partial charge in [0, 0.05) is 0 Å². The fraction of sp³-hybridized carbons (Fsp3) is 0.778. The Bertz CT molecular complexity index is 509. The molecule has 0 rings (SSSR count). The highest BCUT2D eigenvalue weighted by Crippen LogP contribution is 2.41. The minimum Gasteiger partial charge on any atom is -0.461 e. The van der Waals surface area contributed by atoms with E-state index < -0.39 is 5.41 Å². The molecule has 0 heterocycles. The van der Waals surface area contributed by atoms with Crippen LogP contribution < -0.4 is 0 Å². The number of ether oxygens (including phenoxy) is 2. The molecule has 0 saturated heterocycles. The third kappa shape index (κ3) is 12.1. The summed E-state index contributed by atoms with van der Waals surface area (Å²) in [6.07, 6.45) is 17.1. The van der Waals surface area contributed by atoms with Crippen LogP contribution in [0.25, 0.3) is 0 Å². The second-order valence-electron chi connectivity index (χ2n) is 9.18. The van der Waals surface area contributed by atoms with E-state index in [0.29, 0.717) is 0 Å². The van der Waals surface area contributed by atoms with Gasteiger partial charge < -0.3 is 9.47 Å². The maximum atomic E-state index is 12.9. The normalized spacial score (nSPS) is 13.3. The molecular weight excluding hydrogens is 388 g/mol. The summed E-state index contributed by atoms with van der Waals surface area (Å²) < 4.78 is 10.6. The zero-order valence-electron chi connectivity index (χ0n) is 20.8. The van der Waals surface area contributed by atoms with Gasteiger partial charge in [-0.3, -0.25) is 9.59 Å². The molecule has 0 amide bonds. The predicted octanol–water partition coefficient (Wildman–Crippen LogP) is 7.77. The first-order valence-corrected chi connectivity index (χ1v) is 12.5. The van der Waals surface area contributed by atoms with Gasteiger partial charge in [0.2, 0.25) is 0 Å². The first-order chi connectivity index (χ1) is 14.9. The van der Waals surface area contributed by atoms with Crippen molar-refractivity contribution in [2.45, 2.75) is 111 Å². The van der Waals surface area contributed by atoms with Crippen LogP contribution in [0.4, 0.5) is 0 Å². The quantitative estimate of drug-likeness (QED) is 0.0846. The Morgan fingerprint density at radius 3 is 1.90 bits per heavy atom. The Kier molecular flexibility index (Phi) is 17.1. The van der Waals surface area contributed by atoms with E-state index in [2.05, 4.69) is 27.0 Å². The van der Waals surface area contributed by atoms with Crippen LogP contribution in [0.2, 0.25) is 0 Å². The molecule has 0 N–H and O–H groups in total. The van der Waals surface area contributed by atoms with Crippen LogP contribution in [0.5, 0.6) is 0 Å². The third-order valence-electron chi connectivity index (χ3n) is 6.26. The average Bonchev–Trinajstić information content (AvgIpc) is 2.74. The average molecular weight is 437 g/mol. The summed E-state index contributed by atoms with van der Waals surface area (Å²) in [6.45, 7) is 15.6. The molecule has 0 aromatic heterocycles. The fourth-order valence-corrected chi connectivity index (χ4v) is 4.30. The monoisotopic (exact) mass is 436 g/mol. The Balaban J connectivity index is 5.22. The SMILES string of the molecule is C=CCOC(=O)C(C)(C)C(CCCCC)C(CCCCCCCCCC)C(=O)OC=C. The van der Waals surface area contributed by atoms with Crippen LogP contribution in [0.1, 0.15) is 111 Å². The summed E-state index contributed by atoms with van der Waals surface area (Å²) in [4.78, 5) is 25.7. The molecule has 0 bridgehead atoms. The van der Waals surface area contributed by atoms with Crippen molar-refractivity contribution in [2.75, 3.05) is 6.61 Å². The zero-order valence-corrected chi connectivity index (χ0v) is 20.8. The van der Waals surface area contributed by atoms with Crippen molar-refractivity contribution >= 4 is 11.9 Å². The molecule has 4 nitrogen and oxygen atoms in total. The Hall–Kier alpha value is -1.58. The molecule has 31 heavy (non-hydrogen) atoms. The maximum Gasteiger partial charge on any atom is 0.314 e. The standard InChI is InChI=1S/C27H48O4/c1-7-11-13-14-15-16-17-19-20-23(25(28)30-10-4)24(21-18-12-8-2)27(5,6)26(29)31-22-9-3/h9-10,23-24H,3-4,7-8,11-22H2,1-2,5-6H3. The molecular formula is C27H48O4. The summed E-state index contributed by atoms with van der Waals surface area (Å²) in [5, 5.41) is 0. The van der Waals surface area contributed by atoms with Crippen molar-refractivity contribution in [1.29, 1.82) is 0 Å². The van der Waals surface area contributed by atoms with E-state index in [-0.39, 0.29) is 30.4 Å². The minimum absolute atomic E-state index is 0.131. The first-order valence-electron chi connectivity index (χ1n) is 12.5. The molecule has 0 aromatic carbocycles. The van der Waals surface area contributed by atoms with Gasteiger partial charge in [0.1, 0.15) is 6.61 Å². The van der Waals surface area contributed by atoms with E-state index >= 15 is 0 Å². The number of hydrogen-bond donors (Lipinski definition) is 0. The lowest BCUT2D eigenvalue weighted by Crippen LogP contribution is -2.41. The smallest absolute Gasteiger partial charge is 0.314 e. The first kappa shape index (κ1) is 29.4. The molecule has 0 fully saturated rings. The minimum atomic E-state index is -0.776. The lowest BCUT2D eigenvalue weighted by atomic mass is 9.68. The third-order valence-corrected chi connectivity index (χ3v) is 6.26. The number of carbonyl (C=O) groups excluding carboxylic acids is 2. The molecule has 180 valence electrons. The molecule has 0 aliphatic carbocycles. The van der Waals surface area contributed by atoms with Crippen molar-refractivity contribution in [2.24, 2.45) is 17.3 Å². The van der Waals surface area contributed by atoms with Gasteiger partial charge in [0.05, 0.1) is 17.6 Å². The van der Waals surface area contributed by atoms with Crippen LogP contribution >= 0.6 is 0 Å².